The number of hydrogen-bond acceptors (Lipinski definition) is 6. The third-order valence-corrected chi connectivity index (χ3v) is 4.75. The molecule has 0 aliphatic heterocycles. The van der Waals surface area contributed by atoms with Gasteiger partial charge in [-0.15, -0.1) is 0 Å². The van der Waals surface area contributed by atoms with E-state index in [0.717, 1.165) is 10.8 Å². The molecule has 0 aliphatic carbocycles. The zero-order valence-corrected chi connectivity index (χ0v) is 13.7. The Kier molecular flexibility index (Phi) is 7.31. The number of nitrogens with one attached hydrogen (secondary N) is 1. The van der Waals surface area contributed by atoms with Crippen LogP contribution in [0.2, 0.25) is 0 Å². The van der Waals surface area contributed by atoms with E-state index < -0.39 is 6.04 Å². The van der Waals surface area contributed by atoms with Gasteiger partial charge in [-0.25, -0.2) is 0 Å². The van der Waals surface area contributed by atoms with Crippen molar-refractivity contribution < 1.29 is 19.1 Å². The minimum atomic E-state index is -0.566. The van der Waals surface area contributed by atoms with Crippen LogP contribution in [0.4, 0.5) is 0 Å². The minimum absolute atomic E-state index is 0.104. The quantitative estimate of drug-likeness (QED) is 0.775. The van der Waals surface area contributed by atoms with Crippen LogP contribution in [0.5, 0.6) is 5.75 Å². The normalized spacial score (nSPS) is 11.6. The first kappa shape index (κ1) is 17.6. The molecule has 0 fully saturated rings. The highest BCUT2D eigenvalue weighted by Gasteiger charge is 2.16. The summed E-state index contributed by atoms with van der Waals surface area (Å²) in [5.41, 5.74) is 0.562. The standard InChI is InChI=1S/C14H17NO4S2/c1-9(16)13(15-10(2)17)8-20-21-14(18)11-4-6-12(19-3)7-5-11/h4-7,13H,8H2,1-3H3,(H,15,17). The van der Waals surface area contributed by atoms with Crippen molar-refractivity contribution in [2.45, 2.75) is 19.9 Å². The second-order valence-electron chi connectivity index (χ2n) is 4.25. The molecule has 1 amide bonds. The minimum Gasteiger partial charge on any atom is -0.497 e. The van der Waals surface area contributed by atoms with E-state index in [1.165, 1.54) is 24.6 Å². The summed E-state index contributed by atoms with van der Waals surface area (Å²) in [4.78, 5) is 34.3. The van der Waals surface area contributed by atoms with Crippen LogP contribution in [0.1, 0.15) is 24.2 Å². The summed E-state index contributed by atoms with van der Waals surface area (Å²) in [7, 11) is 3.85. The first-order valence-corrected chi connectivity index (χ1v) is 8.51. The van der Waals surface area contributed by atoms with Gasteiger partial charge in [0.2, 0.25) is 11.0 Å². The van der Waals surface area contributed by atoms with Gasteiger partial charge in [0.25, 0.3) is 0 Å². The molecule has 1 atom stereocenters. The maximum absolute atomic E-state index is 11.9. The van der Waals surface area contributed by atoms with E-state index in [2.05, 4.69) is 5.32 Å². The van der Waals surface area contributed by atoms with Gasteiger partial charge < -0.3 is 10.1 Å². The van der Waals surface area contributed by atoms with Crippen molar-refractivity contribution in [3.63, 3.8) is 0 Å². The second-order valence-corrected chi connectivity index (χ2v) is 6.56. The number of amides is 1. The molecule has 0 saturated heterocycles. The molecular weight excluding hydrogens is 310 g/mol. The summed E-state index contributed by atoms with van der Waals surface area (Å²) >= 11 is 0. The molecule has 0 aliphatic rings. The number of hydrogen-bond donors (Lipinski definition) is 1. The molecule has 0 radical (unpaired) electrons. The van der Waals surface area contributed by atoms with Gasteiger partial charge in [0.05, 0.1) is 13.2 Å². The maximum atomic E-state index is 11.9. The highest BCUT2D eigenvalue weighted by atomic mass is 33.1. The highest BCUT2D eigenvalue weighted by molar-refractivity contribution is 8.82. The third kappa shape index (κ3) is 6.22. The van der Waals surface area contributed by atoms with Crippen molar-refractivity contribution in [2.24, 2.45) is 0 Å². The highest BCUT2D eigenvalue weighted by Crippen LogP contribution is 2.27. The Balaban J connectivity index is 2.47. The van der Waals surface area contributed by atoms with Crippen LogP contribution in [0.15, 0.2) is 24.3 Å². The topological polar surface area (TPSA) is 72.5 Å². The summed E-state index contributed by atoms with van der Waals surface area (Å²) in [6.45, 7) is 2.77. The molecule has 1 aromatic rings. The molecule has 1 aromatic carbocycles. The molecule has 114 valence electrons. The lowest BCUT2D eigenvalue weighted by molar-refractivity contribution is -0.125. The number of rotatable bonds is 7. The maximum Gasteiger partial charge on any atom is 0.229 e. The zero-order valence-electron chi connectivity index (χ0n) is 12.0. The predicted molar refractivity (Wildman–Crippen MR) is 85.7 cm³/mol. The summed E-state index contributed by atoms with van der Waals surface area (Å²) in [5.74, 6) is 0.644. The van der Waals surface area contributed by atoms with E-state index >= 15 is 0 Å². The fourth-order valence-electron chi connectivity index (χ4n) is 1.44. The molecule has 0 saturated carbocycles. The average Bonchev–Trinajstić information content (AvgIpc) is 2.45. The molecule has 1 N–H and O–H groups in total. The lowest BCUT2D eigenvalue weighted by Gasteiger charge is -2.13. The molecule has 5 nitrogen and oxygen atoms in total. The van der Waals surface area contributed by atoms with Gasteiger partial charge in [-0.3, -0.25) is 14.4 Å². The van der Waals surface area contributed by atoms with Gasteiger partial charge in [0.15, 0.2) is 5.78 Å². The lowest BCUT2D eigenvalue weighted by Crippen LogP contribution is -2.40. The van der Waals surface area contributed by atoms with Gasteiger partial charge >= 0.3 is 0 Å². The molecule has 21 heavy (non-hydrogen) atoms. The fraction of sp³-hybridized carbons (Fsp3) is 0.357. The van der Waals surface area contributed by atoms with E-state index in [9.17, 15) is 14.4 Å². The average molecular weight is 327 g/mol. The van der Waals surface area contributed by atoms with Crippen LogP contribution >= 0.6 is 21.6 Å². The monoisotopic (exact) mass is 327 g/mol. The number of methoxy groups -OCH3 is 1. The van der Waals surface area contributed by atoms with Crippen LogP contribution in [-0.4, -0.2) is 35.7 Å². The van der Waals surface area contributed by atoms with Gasteiger partial charge in [0.1, 0.15) is 5.75 Å². The number of ether oxygens (including phenoxy) is 1. The molecule has 1 unspecified atom stereocenters. The lowest BCUT2D eigenvalue weighted by atomic mass is 10.2. The number of benzene rings is 1. The Morgan fingerprint density at radius 3 is 2.29 bits per heavy atom. The zero-order chi connectivity index (χ0) is 15.8. The van der Waals surface area contributed by atoms with Crippen LogP contribution < -0.4 is 10.1 Å². The fourth-order valence-corrected chi connectivity index (χ4v) is 3.52. The Morgan fingerprint density at radius 2 is 1.81 bits per heavy atom. The summed E-state index contributed by atoms with van der Waals surface area (Å²) < 4.78 is 5.02. The SMILES string of the molecule is COc1ccc(C(=O)SSCC(NC(C)=O)C(C)=O)cc1. The van der Waals surface area contributed by atoms with Crippen molar-refractivity contribution in [1.82, 2.24) is 5.32 Å². The van der Waals surface area contributed by atoms with E-state index in [4.69, 9.17) is 4.74 Å². The molecule has 0 bridgehead atoms. The number of ketones is 1. The largest absolute Gasteiger partial charge is 0.497 e. The molecular formula is C14H17NO4S2. The predicted octanol–water partition coefficient (Wildman–Crippen LogP) is 2.31. The summed E-state index contributed by atoms with van der Waals surface area (Å²) in [6.07, 6.45) is 0. The van der Waals surface area contributed by atoms with Crippen molar-refractivity contribution in [2.75, 3.05) is 12.9 Å². The van der Waals surface area contributed by atoms with Gasteiger partial charge in [-0.1, -0.05) is 10.8 Å². The van der Waals surface area contributed by atoms with Gasteiger partial charge in [0, 0.05) is 18.2 Å². The first-order valence-electron chi connectivity index (χ1n) is 6.19. The molecule has 7 heteroatoms. The smallest absolute Gasteiger partial charge is 0.229 e. The second kappa shape index (κ2) is 8.74. The number of Topliss-reactive ketones (excluding diaryl/α,β-unsaturated/α-hetero) is 1. The van der Waals surface area contributed by atoms with E-state index in [1.54, 1.807) is 31.4 Å². The van der Waals surface area contributed by atoms with Crippen molar-refractivity contribution in [3.05, 3.63) is 29.8 Å². The van der Waals surface area contributed by atoms with Crippen molar-refractivity contribution >= 4 is 38.4 Å². The number of carbonyl (C=O) groups is 3. The van der Waals surface area contributed by atoms with E-state index in [1.807, 2.05) is 0 Å². The van der Waals surface area contributed by atoms with Gasteiger partial charge in [-0.05, 0) is 42.0 Å². The first-order chi connectivity index (χ1) is 9.93. The third-order valence-electron chi connectivity index (χ3n) is 2.56. The van der Waals surface area contributed by atoms with Crippen LogP contribution in [-0.2, 0) is 9.59 Å². The van der Waals surface area contributed by atoms with Crippen LogP contribution in [0.3, 0.4) is 0 Å². The van der Waals surface area contributed by atoms with Crippen LogP contribution in [0, 0.1) is 0 Å². The molecule has 0 spiro atoms. The Bertz CT molecular complexity index is 516. The Morgan fingerprint density at radius 1 is 1.19 bits per heavy atom. The Labute approximate surface area is 131 Å². The van der Waals surface area contributed by atoms with Crippen molar-refractivity contribution in [1.29, 1.82) is 0 Å². The molecule has 1 rings (SSSR count). The molecule has 0 aromatic heterocycles. The number of carbonyl (C=O) groups excluding carboxylic acids is 3. The summed E-state index contributed by atoms with van der Waals surface area (Å²) in [6, 6.07) is 6.24. The summed E-state index contributed by atoms with van der Waals surface area (Å²) in [5, 5.41) is 2.45. The van der Waals surface area contributed by atoms with Crippen molar-refractivity contribution in [3.8, 4) is 5.75 Å². The molecule has 0 heterocycles. The van der Waals surface area contributed by atoms with E-state index in [-0.39, 0.29) is 16.8 Å². The van der Waals surface area contributed by atoms with Crippen LogP contribution in [0.25, 0.3) is 0 Å². The Hall–Kier alpha value is -1.47. The van der Waals surface area contributed by atoms with E-state index in [0.29, 0.717) is 17.1 Å². The van der Waals surface area contributed by atoms with Gasteiger partial charge in [-0.2, -0.15) is 0 Å².